The van der Waals surface area contributed by atoms with Gasteiger partial charge in [-0.2, -0.15) is 0 Å². The highest BCUT2D eigenvalue weighted by atomic mass is 35.5. The average molecular weight is 364 g/mol. The number of hydrogen-bond donors (Lipinski definition) is 1. The molecular formula is C23H22ClNO. The molecule has 0 aliphatic rings. The van der Waals surface area contributed by atoms with Crippen molar-refractivity contribution >= 4 is 17.5 Å². The van der Waals surface area contributed by atoms with E-state index in [1.165, 1.54) is 0 Å². The van der Waals surface area contributed by atoms with E-state index >= 15 is 0 Å². The molecule has 26 heavy (non-hydrogen) atoms. The van der Waals surface area contributed by atoms with Crippen LogP contribution in [0, 0.1) is 0 Å². The van der Waals surface area contributed by atoms with E-state index in [-0.39, 0.29) is 17.9 Å². The number of halogens is 1. The zero-order valence-corrected chi connectivity index (χ0v) is 15.5. The molecule has 3 aromatic carbocycles. The van der Waals surface area contributed by atoms with Crippen LogP contribution in [0.4, 0.5) is 0 Å². The van der Waals surface area contributed by atoms with Crippen LogP contribution >= 0.6 is 11.6 Å². The van der Waals surface area contributed by atoms with Gasteiger partial charge < -0.3 is 5.32 Å². The lowest BCUT2D eigenvalue weighted by atomic mass is 9.88. The first-order chi connectivity index (χ1) is 12.6. The van der Waals surface area contributed by atoms with E-state index in [1.807, 2.05) is 67.6 Å². The molecule has 132 valence electrons. The smallest absolute Gasteiger partial charge is 0.221 e. The minimum Gasteiger partial charge on any atom is -0.350 e. The van der Waals surface area contributed by atoms with Crippen molar-refractivity contribution in [3.8, 4) is 0 Å². The van der Waals surface area contributed by atoms with Crippen LogP contribution in [0.5, 0.6) is 0 Å². The van der Waals surface area contributed by atoms with Gasteiger partial charge in [-0.1, -0.05) is 84.4 Å². The Balaban J connectivity index is 1.75. The fourth-order valence-electron chi connectivity index (χ4n) is 3.14. The quantitative estimate of drug-likeness (QED) is 0.594. The van der Waals surface area contributed by atoms with Gasteiger partial charge in [-0.05, 0) is 35.7 Å². The number of carbonyl (C=O) groups excluding carboxylic acids is 1. The minimum atomic E-state index is -0.0894. The molecule has 0 aliphatic carbocycles. The van der Waals surface area contributed by atoms with Crippen LogP contribution in [0.1, 0.15) is 42.0 Å². The van der Waals surface area contributed by atoms with Crippen molar-refractivity contribution in [2.75, 3.05) is 0 Å². The highest BCUT2D eigenvalue weighted by molar-refractivity contribution is 6.30. The molecule has 1 atom stereocenters. The van der Waals surface area contributed by atoms with E-state index in [2.05, 4.69) is 29.6 Å². The van der Waals surface area contributed by atoms with Gasteiger partial charge >= 0.3 is 0 Å². The maximum atomic E-state index is 12.7. The summed E-state index contributed by atoms with van der Waals surface area (Å²) in [5.41, 5.74) is 3.29. The molecule has 0 radical (unpaired) electrons. The molecule has 0 heterocycles. The summed E-state index contributed by atoms with van der Waals surface area (Å²) in [5.74, 6) is 0.0548. The van der Waals surface area contributed by atoms with Crippen molar-refractivity contribution in [3.63, 3.8) is 0 Å². The molecule has 0 aliphatic heterocycles. The van der Waals surface area contributed by atoms with Crippen molar-refractivity contribution in [1.82, 2.24) is 5.32 Å². The maximum Gasteiger partial charge on any atom is 0.221 e. The highest BCUT2D eigenvalue weighted by Gasteiger charge is 2.19. The minimum absolute atomic E-state index is 0.0233. The van der Waals surface area contributed by atoms with Gasteiger partial charge in [0, 0.05) is 17.4 Å². The standard InChI is InChI=1S/C23H22ClNO/c1-17(20-13-8-14-21(24)15-20)25-23(26)16-22(18-9-4-2-5-10-18)19-11-6-3-7-12-19/h2-15,17,22H,16H2,1H3,(H,25,26)/t17-/m1/s1. The molecule has 0 saturated heterocycles. The molecule has 1 amide bonds. The van der Waals surface area contributed by atoms with Crippen LogP contribution < -0.4 is 5.32 Å². The Morgan fingerprint density at radius 1 is 0.846 bits per heavy atom. The van der Waals surface area contributed by atoms with Crippen LogP contribution in [0.15, 0.2) is 84.9 Å². The van der Waals surface area contributed by atoms with Crippen molar-refractivity contribution in [3.05, 3.63) is 107 Å². The summed E-state index contributed by atoms with van der Waals surface area (Å²) >= 11 is 6.06. The summed E-state index contributed by atoms with van der Waals surface area (Å²) in [6.45, 7) is 1.98. The average Bonchev–Trinajstić information content (AvgIpc) is 2.67. The van der Waals surface area contributed by atoms with Crippen LogP contribution in [-0.2, 0) is 4.79 Å². The molecule has 0 bridgehead atoms. The summed E-state index contributed by atoms with van der Waals surface area (Å²) in [4.78, 5) is 12.7. The first-order valence-electron chi connectivity index (χ1n) is 8.78. The number of benzene rings is 3. The molecule has 0 saturated carbocycles. The number of hydrogen-bond acceptors (Lipinski definition) is 1. The third kappa shape index (κ3) is 4.74. The lowest BCUT2D eigenvalue weighted by molar-refractivity contribution is -0.121. The van der Waals surface area contributed by atoms with Crippen LogP contribution in [0.25, 0.3) is 0 Å². The number of rotatable bonds is 6. The van der Waals surface area contributed by atoms with Crippen LogP contribution in [0.3, 0.4) is 0 Å². The summed E-state index contributed by atoms with van der Waals surface area (Å²) in [7, 11) is 0. The number of carbonyl (C=O) groups is 1. The molecule has 3 heteroatoms. The predicted molar refractivity (Wildman–Crippen MR) is 107 cm³/mol. The van der Waals surface area contributed by atoms with Gasteiger partial charge in [0.15, 0.2) is 0 Å². The largest absolute Gasteiger partial charge is 0.350 e. The highest BCUT2D eigenvalue weighted by Crippen LogP contribution is 2.28. The first kappa shape index (κ1) is 18.2. The molecular weight excluding hydrogens is 342 g/mol. The number of amides is 1. The van der Waals surface area contributed by atoms with Gasteiger partial charge in [0.1, 0.15) is 0 Å². The lowest BCUT2D eigenvalue weighted by Crippen LogP contribution is -2.28. The van der Waals surface area contributed by atoms with Crippen molar-refractivity contribution in [1.29, 1.82) is 0 Å². The molecule has 1 N–H and O–H groups in total. The third-order valence-electron chi connectivity index (χ3n) is 4.52. The third-order valence-corrected chi connectivity index (χ3v) is 4.75. The summed E-state index contributed by atoms with van der Waals surface area (Å²) in [6.07, 6.45) is 0.402. The Kier molecular flexibility index (Phi) is 6.08. The Bertz CT molecular complexity index is 809. The Morgan fingerprint density at radius 3 is 1.92 bits per heavy atom. The van der Waals surface area contributed by atoms with Gasteiger partial charge in [0.2, 0.25) is 5.91 Å². The Labute approximate surface area is 159 Å². The van der Waals surface area contributed by atoms with Crippen LogP contribution in [0.2, 0.25) is 5.02 Å². The van der Waals surface area contributed by atoms with Crippen molar-refractivity contribution in [2.24, 2.45) is 0 Å². The number of nitrogens with one attached hydrogen (secondary N) is 1. The first-order valence-corrected chi connectivity index (χ1v) is 9.16. The molecule has 0 spiro atoms. The molecule has 0 aromatic heterocycles. The van der Waals surface area contributed by atoms with Crippen molar-refractivity contribution in [2.45, 2.75) is 25.3 Å². The van der Waals surface area contributed by atoms with Gasteiger partial charge in [-0.25, -0.2) is 0 Å². The second kappa shape index (κ2) is 8.68. The summed E-state index contributed by atoms with van der Waals surface area (Å²) in [5, 5.41) is 3.77. The van der Waals surface area contributed by atoms with E-state index < -0.39 is 0 Å². The van der Waals surface area contributed by atoms with Gasteiger partial charge in [0.05, 0.1) is 6.04 Å². The molecule has 2 nitrogen and oxygen atoms in total. The zero-order chi connectivity index (χ0) is 18.4. The fourth-order valence-corrected chi connectivity index (χ4v) is 3.34. The van der Waals surface area contributed by atoms with E-state index in [0.717, 1.165) is 16.7 Å². The van der Waals surface area contributed by atoms with E-state index in [1.54, 1.807) is 0 Å². The normalized spacial score (nSPS) is 12.0. The summed E-state index contributed by atoms with van der Waals surface area (Å²) < 4.78 is 0. The Morgan fingerprint density at radius 2 is 1.38 bits per heavy atom. The molecule has 3 rings (SSSR count). The SMILES string of the molecule is C[C@@H](NC(=O)CC(c1ccccc1)c1ccccc1)c1cccc(Cl)c1. The van der Waals surface area contributed by atoms with Gasteiger partial charge in [-0.15, -0.1) is 0 Å². The van der Waals surface area contributed by atoms with Gasteiger partial charge in [-0.3, -0.25) is 4.79 Å². The Hall–Kier alpha value is -2.58. The van der Waals surface area contributed by atoms with Gasteiger partial charge in [0.25, 0.3) is 0 Å². The van der Waals surface area contributed by atoms with E-state index in [0.29, 0.717) is 11.4 Å². The summed E-state index contributed by atoms with van der Waals surface area (Å²) in [6, 6.07) is 27.8. The maximum absolute atomic E-state index is 12.7. The molecule has 0 unspecified atom stereocenters. The van der Waals surface area contributed by atoms with Crippen LogP contribution in [-0.4, -0.2) is 5.91 Å². The fraction of sp³-hybridized carbons (Fsp3) is 0.174. The van der Waals surface area contributed by atoms with Crippen molar-refractivity contribution < 1.29 is 4.79 Å². The molecule has 0 fully saturated rings. The second-order valence-corrected chi connectivity index (χ2v) is 6.86. The molecule has 3 aromatic rings. The topological polar surface area (TPSA) is 29.1 Å². The predicted octanol–water partition coefficient (Wildman–Crippen LogP) is 5.74. The zero-order valence-electron chi connectivity index (χ0n) is 14.7. The van der Waals surface area contributed by atoms with E-state index in [9.17, 15) is 4.79 Å². The second-order valence-electron chi connectivity index (χ2n) is 6.42. The lowest BCUT2D eigenvalue weighted by Gasteiger charge is -2.20. The monoisotopic (exact) mass is 363 g/mol. The van der Waals surface area contributed by atoms with E-state index in [4.69, 9.17) is 11.6 Å².